The molecule has 0 unspecified atom stereocenters. The van der Waals surface area contributed by atoms with Crippen molar-refractivity contribution in [1.29, 1.82) is 0 Å². The molecule has 0 saturated heterocycles. The second-order valence-electron chi connectivity index (χ2n) is 3.85. The maximum Gasteiger partial charge on any atom is 0.350 e. The lowest BCUT2D eigenvalue weighted by atomic mass is 10.2. The number of anilines is 1. The maximum absolute atomic E-state index is 11.5. The number of nitrogens with one attached hydrogen (secondary N) is 1. The molecule has 0 atom stereocenters. The van der Waals surface area contributed by atoms with Crippen molar-refractivity contribution in [2.75, 3.05) is 12.5 Å². The molecule has 0 radical (unpaired) electrons. The highest BCUT2D eigenvalue weighted by Gasteiger charge is 2.12. The number of phenolic OH excluding ortho intramolecular Hbond substituents is 1. The van der Waals surface area contributed by atoms with Crippen LogP contribution in [0.1, 0.15) is 15.2 Å². The fourth-order valence-corrected chi connectivity index (χ4v) is 3.52. The summed E-state index contributed by atoms with van der Waals surface area (Å²) in [7, 11) is 1.33. The summed E-state index contributed by atoms with van der Waals surface area (Å²) >= 11 is 7.84. The lowest BCUT2D eigenvalue weighted by Gasteiger charge is -2.04. The first kappa shape index (κ1) is 16.0. The highest BCUT2D eigenvalue weighted by atomic mass is 79.9. The van der Waals surface area contributed by atoms with E-state index in [-0.39, 0.29) is 5.75 Å². The lowest BCUT2D eigenvalue weighted by molar-refractivity contribution is 0.0607. The number of ether oxygens (including phenoxy) is 1. The van der Waals surface area contributed by atoms with E-state index >= 15 is 0 Å². The molecule has 8 heteroatoms. The quantitative estimate of drug-likeness (QED) is 0.430. The summed E-state index contributed by atoms with van der Waals surface area (Å²) in [4.78, 5) is 12.0. The molecule has 0 aliphatic heterocycles. The second kappa shape index (κ2) is 7.06. The molecule has 21 heavy (non-hydrogen) atoms. The minimum Gasteiger partial charge on any atom is -0.506 e. The van der Waals surface area contributed by atoms with Crippen molar-refractivity contribution in [3.63, 3.8) is 0 Å². The topological polar surface area (TPSA) is 70.9 Å². The van der Waals surface area contributed by atoms with Crippen molar-refractivity contribution in [3.05, 3.63) is 43.0 Å². The normalized spacial score (nSPS) is 10.8. The summed E-state index contributed by atoms with van der Waals surface area (Å²) in [5.74, 6) is -0.335. The number of nitrogens with zero attached hydrogens (tertiary/aromatic N) is 1. The third-order valence-corrected chi connectivity index (χ3v) is 4.44. The van der Waals surface area contributed by atoms with E-state index < -0.39 is 5.97 Å². The lowest BCUT2D eigenvalue weighted by Crippen LogP contribution is -2.01. The first-order valence-corrected chi connectivity index (χ1v) is 8.12. The Labute approximate surface area is 141 Å². The molecule has 2 rings (SSSR count). The molecule has 0 aliphatic carbocycles. The van der Waals surface area contributed by atoms with Gasteiger partial charge in [-0.25, -0.2) is 4.79 Å². The summed E-state index contributed by atoms with van der Waals surface area (Å²) in [6.07, 6.45) is 1.46. The molecule has 0 saturated carbocycles. The SMILES string of the molecule is COC(=O)c1sccc1N/N=C\c1cc(Br)cc(Br)c1O. The molecule has 1 aromatic heterocycles. The summed E-state index contributed by atoms with van der Waals surface area (Å²) in [6.45, 7) is 0. The predicted octanol–water partition coefficient (Wildman–Crippen LogP) is 4.21. The summed E-state index contributed by atoms with van der Waals surface area (Å²) in [6, 6.07) is 5.18. The highest BCUT2D eigenvalue weighted by Crippen LogP contribution is 2.30. The van der Waals surface area contributed by atoms with Crippen LogP contribution < -0.4 is 5.43 Å². The molecule has 110 valence electrons. The van der Waals surface area contributed by atoms with Crippen LogP contribution in [-0.4, -0.2) is 24.4 Å². The zero-order valence-electron chi connectivity index (χ0n) is 10.8. The minimum atomic E-state index is -0.421. The van der Waals surface area contributed by atoms with Crippen LogP contribution in [0.15, 0.2) is 37.6 Å². The number of thiophene rings is 1. The maximum atomic E-state index is 11.5. The zero-order chi connectivity index (χ0) is 15.4. The Morgan fingerprint density at radius 3 is 2.95 bits per heavy atom. The van der Waals surface area contributed by atoms with Crippen LogP contribution in [-0.2, 0) is 4.74 Å². The number of esters is 1. The van der Waals surface area contributed by atoms with Crippen molar-refractivity contribution < 1.29 is 14.6 Å². The number of methoxy groups -OCH3 is 1. The van der Waals surface area contributed by atoms with E-state index in [1.807, 2.05) is 0 Å². The molecule has 0 amide bonds. The van der Waals surface area contributed by atoms with Gasteiger partial charge in [0.15, 0.2) is 0 Å². The van der Waals surface area contributed by atoms with Gasteiger partial charge < -0.3 is 9.84 Å². The Morgan fingerprint density at radius 1 is 1.48 bits per heavy atom. The van der Waals surface area contributed by atoms with E-state index in [0.29, 0.717) is 20.6 Å². The van der Waals surface area contributed by atoms with E-state index in [0.717, 1.165) is 4.47 Å². The number of phenols is 1. The second-order valence-corrected chi connectivity index (χ2v) is 6.54. The van der Waals surface area contributed by atoms with E-state index in [2.05, 4.69) is 47.1 Å². The minimum absolute atomic E-state index is 0.0854. The molecule has 5 nitrogen and oxygen atoms in total. The van der Waals surface area contributed by atoms with E-state index in [4.69, 9.17) is 0 Å². The molecular weight excluding hydrogens is 424 g/mol. The van der Waals surface area contributed by atoms with Gasteiger partial charge in [0, 0.05) is 10.0 Å². The van der Waals surface area contributed by atoms with Gasteiger partial charge in [-0.05, 0) is 39.5 Å². The predicted molar refractivity (Wildman–Crippen MR) is 90.4 cm³/mol. The van der Waals surface area contributed by atoms with Crippen LogP contribution in [0.3, 0.4) is 0 Å². The number of benzene rings is 1. The molecular formula is C13H10Br2N2O3S. The van der Waals surface area contributed by atoms with Gasteiger partial charge in [0.25, 0.3) is 0 Å². The third-order valence-electron chi connectivity index (χ3n) is 2.48. The van der Waals surface area contributed by atoms with Crippen LogP contribution in [0.5, 0.6) is 5.75 Å². The average molecular weight is 434 g/mol. The number of hydrogen-bond donors (Lipinski definition) is 2. The Bertz CT molecular complexity index is 701. The van der Waals surface area contributed by atoms with E-state index in [1.165, 1.54) is 24.7 Å². The van der Waals surface area contributed by atoms with Gasteiger partial charge in [0.2, 0.25) is 0 Å². The molecule has 0 spiro atoms. The van der Waals surface area contributed by atoms with Crippen molar-refractivity contribution in [3.8, 4) is 5.75 Å². The van der Waals surface area contributed by atoms with Crippen LogP contribution >= 0.6 is 43.2 Å². The van der Waals surface area contributed by atoms with Gasteiger partial charge in [0.05, 0.1) is 23.5 Å². The summed E-state index contributed by atoms with van der Waals surface area (Å²) in [5.41, 5.74) is 3.84. The Hall–Kier alpha value is -1.38. The van der Waals surface area contributed by atoms with Gasteiger partial charge in [-0.2, -0.15) is 5.10 Å². The Morgan fingerprint density at radius 2 is 2.24 bits per heavy atom. The van der Waals surface area contributed by atoms with E-state index in [9.17, 15) is 9.90 Å². The fourth-order valence-electron chi connectivity index (χ4n) is 1.50. The first-order chi connectivity index (χ1) is 10.0. The first-order valence-electron chi connectivity index (χ1n) is 5.66. The number of hydrogen-bond acceptors (Lipinski definition) is 6. The number of carbonyl (C=O) groups is 1. The van der Waals surface area contributed by atoms with Crippen molar-refractivity contribution in [2.45, 2.75) is 0 Å². The standard InChI is InChI=1S/C13H10Br2N2O3S/c1-20-13(19)12-10(2-3-21-12)17-16-6-7-4-8(14)5-9(15)11(7)18/h2-6,17-18H,1H3/b16-6-. The highest BCUT2D eigenvalue weighted by molar-refractivity contribution is 9.11. The van der Waals surface area contributed by atoms with Crippen LogP contribution in [0.2, 0.25) is 0 Å². The molecule has 2 aromatic rings. The van der Waals surface area contributed by atoms with Gasteiger partial charge in [-0.3, -0.25) is 5.43 Å². The Balaban J connectivity index is 2.17. The fraction of sp³-hybridized carbons (Fsp3) is 0.0769. The van der Waals surface area contributed by atoms with Crippen LogP contribution in [0, 0.1) is 0 Å². The number of aromatic hydroxyl groups is 1. The molecule has 1 aromatic carbocycles. The number of halogens is 2. The van der Waals surface area contributed by atoms with Gasteiger partial charge in [-0.15, -0.1) is 11.3 Å². The third kappa shape index (κ3) is 3.84. The molecule has 2 N–H and O–H groups in total. The smallest absolute Gasteiger partial charge is 0.350 e. The van der Waals surface area contributed by atoms with Crippen molar-refractivity contribution in [2.24, 2.45) is 5.10 Å². The van der Waals surface area contributed by atoms with Crippen LogP contribution in [0.25, 0.3) is 0 Å². The van der Waals surface area contributed by atoms with E-state index in [1.54, 1.807) is 23.6 Å². The average Bonchev–Trinajstić information content (AvgIpc) is 2.91. The zero-order valence-corrected chi connectivity index (χ0v) is 14.8. The molecule has 0 bridgehead atoms. The largest absolute Gasteiger partial charge is 0.506 e. The summed E-state index contributed by atoms with van der Waals surface area (Å²) in [5, 5.41) is 15.7. The van der Waals surface area contributed by atoms with Gasteiger partial charge >= 0.3 is 5.97 Å². The van der Waals surface area contributed by atoms with Gasteiger partial charge in [-0.1, -0.05) is 15.9 Å². The van der Waals surface area contributed by atoms with Crippen molar-refractivity contribution in [1.82, 2.24) is 0 Å². The molecule has 0 aliphatic rings. The van der Waals surface area contributed by atoms with Crippen LogP contribution in [0.4, 0.5) is 5.69 Å². The van der Waals surface area contributed by atoms with Gasteiger partial charge in [0.1, 0.15) is 10.6 Å². The number of rotatable bonds is 4. The Kier molecular flexibility index (Phi) is 5.38. The van der Waals surface area contributed by atoms with Crippen molar-refractivity contribution >= 4 is 61.1 Å². The monoisotopic (exact) mass is 432 g/mol. The summed E-state index contributed by atoms with van der Waals surface area (Å²) < 4.78 is 6.04. The molecule has 0 fully saturated rings. The number of carbonyl (C=O) groups excluding carboxylic acids is 1. The molecule has 1 heterocycles. The number of hydrazone groups is 1.